The highest BCUT2D eigenvalue weighted by Crippen LogP contribution is 2.36. The second-order valence-corrected chi connectivity index (χ2v) is 12.2. The van der Waals surface area contributed by atoms with E-state index in [0.29, 0.717) is 28.9 Å². The molecule has 2 heterocycles. The Kier molecular flexibility index (Phi) is 8.19. The minimum absolute atomic E-state index is 0.0450. The third-order valence-electron chi connectivity index (χ3n) is 7.32. The van der Waals surface area contributed by atoms with Gasteiger partial charge >= 0.3 is 0 Å². The normalized spacial score (nSPS) is 16.3. The van der Waals surface area contributed by atoms with Crippen molar-refractivity contribution in [1.82, 2.24) is 9.71 Å². The molecular formula is C29H32ClN3O4S. The maximum absolute atomic E-state index is 13.2. The first kappa shape index (κ1) is 26.5. The van der Waals surface area contributed by atoms with Crippen LogP contribution in [0.15, 0.2) is 65.8 Å². The van der Waals surface area contributed by atoms with Gasteiger partial charge in [-0.15, -0.1) is 0 Å². The molecule has 1 fully saturated rings. The summed E-state index contributed by atoms with van der Waals surface area (Å²) in [5.74, 6) is 0.629. The van der Waals surface area contributed by atoms with E-state index in [4.69, 9.17) is 16.3 Å². The number of pyridine rings is 1. The molecule has 1 aliphatic carbocycles. The Labute approximate surface area is 229 Å². The lowest BCUT2D eigenvalue weighted by Crippen LogP contribution is -2.34. The smallest absolute Gasteiger partial charge is 0.264 e. The molecule has 1 N–H and O–H groups in total. The van der Waals surface area contributed by atoms with Crippen LogP contribution in [-0.4, -0.2) is 32.4 Å². The molecule has 7 nitrogen and oxygen atoms in total. The molecule has 2 aromatic carbocycles. The maximum Gasteiger partial charge on any atom is 0.264 e. The van der Waals surface area contributed by atoms with Gasteiger partial charge in [0.2, 0.25) is 5.91 Å². The number of nitrogens with zero attached hydrogens (tertiary/aromatic N) is 2. The van der Waals surface area contributed by atoms with E-state index in [1.54, 1.807) is 36.7 Å². The largest absolute Gasteiger partial charge is 0.487 e. The van der Waals surface area contributed by atoms with E-state index in [2.05, 4.69) is 14.6 Å². The van der Waals surface area contributed by atoms with Gasteiger partial charge in [0, 0.05) is 30.5 Å². The number of ether oxygens (including phenoxy) is 1. The number of halogens is 1. The van der Waals surface area contributed by atoms with Gasteiger partial charge in [0.05, 0.1) is 17.0 Å². The van der Waals surface area contributed by atoms with E-state index >= 15 is 0 Å². The molecule has 1 aliphatic heterocycles. The van der Waals surface area contributed by atoms with E-state index in [1.165, 1.54) is 30.9 Å². The van der Waals surface area contributed by atoms with Crippen LogP contribution < -0.4 is 14.4 Å². The van der Waals surface area contributed by atoms with Crippen molar-refractivity contribution in [1.29, 1.82) is 0 Å². The molecule has 0 atom stereocenters. The lowest BCUT2D eigenvalue weighted by molar-refractivity contribution is -0.118. The van der Waals surface area contributed by atoms with Crippen molar-refractivity contribution in [2.75, 3.05) is 18.0 Å². The molecule has 200 valence electrons. The quantitative estimate of drug-likeness (QED) is 0.445. The summed E-state index contributed by atoms with van der Waals surface area (Å²) in [5.41, 5.74) is 3.70. The average Bonchev–Trinajstić information content (AvgIpc) is 2.89. The molecule has 3 aromatic rings. The Hall–Kier alpha value is -3.10. The van der Waals surface area contributed by atoms with Crippen molar-refractivity contribution in [2.45, 2.75) is 56.4 Å². The topological polar surface area (TPSA) is 88.6 Å². The van der Waals surface area contributed by atoms with E-state index in [9.17, 15) is 13.2 Å². The first-order chi connectivity index (χ1) is 18.4. The molecule has 0 saturated heterocycles. The summed E-state index contributed by atoms with van der Waals surface area (Å²) in [5, 5.41) is 0.714. The van der Waals surface area contributed by atoms with E-state index in [0.717, 1.165) is 43.6 Å². The van der Waals surface area contributed by atoms with E-state index < -0.39 is 15.9 Å². The zero-order valence-electron chi connectivity index (χ0n) is 21.2. The lowest BCUT2D eigenvalue weighted by Gasteiger charge is -2.34. The van der Waals surface area contributed by atoms with Crippen molar-refractivity contribution < 1.29 is 17.9 Å². The number of fused-ring (bicyclic) bond motifs is 2. The highest BCUT2D eigenvalue weighted by Gasteiger charge is 2.26. The number of hydrogen-bond donors (Lipinski definition) is 1. The van der Waals surface area contributed by atoms with Gasteiger partial charge in [0.25, 0.3) is 10.0 Å². The van der Waals surface area contributed by atoms with Crippen LogP contribution in [0.5, 0.6) is 5.75 Å². The van der Waals surface area contributed by atoms with Gasteiger partial charge in [-0.3, -0.25) is 9.78 Å². The van der Waals surface area contributed by atoms with Crippen LogP contribution in [0.1, 0.15) is 48.8 Å². The lowest BCUT2D eigenvalue weighted by atomic mass is 9.85. The van der Waals surface area contributed by atoms with Crippen LogP contribution in [-0.2, 0) is 34.3 Å². The number of hydrogen-bond acceptors (Lipinski definition) is 6. The Bertz CT molecular complexity index is 1390. The molecule has 2 aliphatic rings. The van der Waals surface area contributed by atoms with Crippen molar-refractivity contribution in [3.63, 3.8) is 0 Å². The first-order valence-electron chi connectivity index (χ1n) is 13.1. The highest BCUT2D eigenvalue weighted by molar-refractivity contribution is 7.90. The number of amides is 1. The van der Waals surface area contributed by atoms with Gasteiger partial charge < -0.3 is 9.64 Å². The standard InChI is InChI=1S/C29H32ClN3O4S/c30-25-8-7-24-20-37-28-10-9-26(38(35,36)32-29(34)16-21-11-13-31-14-12-21)18-27(28)33(19-22-4-3-5-22)15-2-1-6-23(24)17-25/h7-14,17-18,22H,1-6,15-16,19-20H2,(H,32,34). The molecule has 0 spiro atoms. The van der Waals surface area contributed by atoms with Crippen LogP contribution in [0.3, 0.4) is 0 Å². The summed E-state index contributed by atoms with van der Waals surface area (Å²) in [7, 11) is -4.07. The maximum atomic E-state index is 13.2. The highest BCUT2D eigenvalue weighted by atomic mass is 35.5. The van der Waals surface area contributed by atoms with Gasteiger partial charge in [-0.1, -0.05) is 24.1 Å². The molecule has 9 heteroatoms. The number of aromatic nitrogens is 1. The van der Waals surface area contributed by atoms with Crippen LogP contribution in [0, 0.1) is 5.92 Å². The number of carbonyl (C=O) groups excluding carboxylic acids is 1. The van der Waals surface area contributed by atoms with E-state index in [-0.39, 0.29) is 11.3 Å². The van der Waals surface area contributed by atoms with Crippen molar-refractivity contribution in [3.8, 4) is 5.75 Å². The summed E-state index contributed by atoms with van der Waals surface area (Å²) in [6.07, 6.45) is 9.55. The first-order valence-corrected chi connectivity index (χ1v) is 15.0. The summed E-state index contributed by atoms with van der Waals surface area (Å²) in [6.45, 7) is 2.01. The molecule has 1 aromatic heterocycles. The summed E-state index contributed by atoms with van der Waals surface area (Å²) >= 11 is 6.26. The van der Waals surface area contributed by atoms with Crippen molar-refractivity contribution in [2.24, 2.45) is 5.92 Å². The average molecular weight is 554 g/mol. The Morgan fingerprint density at radius 1 is 1.03 bits per heavy atom. The van der Waals surface area contributed by atoms with Gasteiger partial charge in [-0.25, -0.2) is 13.1 Å². The van der Waals surface area contributed by atoms with Crippen molar-refractivity contribution in [3.05, 3.63) is 82.6 Å². The minimum Gasteiger partial charge on any atom is -0.487 e. The fraction of sp³-hybridized carbons (Fsp3) is 0.379. The second kappa shape index (κ2) is 11.7. The minimum atomic E-state index is -4.07. The van der Waals surface area contributed by atoms with Gasteiger partial charge in [-0.2, -0.15) is 0 Å². The number of aryl methyl sites for hydroxylation is 1. The molecular weight excluding hydrogens is 522 g/mol. The van der Waals surface area contributed by atoms with Crippen LogP contribution in [0.2, 0.25) is 5.02 Å². The van der Waals surface area contributed by atoms with Crippen molar-refractivity contribution >= 4 is 33.2 Å². The number of anilines is 1. The van der Waals surface area contributed by atoms with Gasteiger partial charge in [0.15, 0.2) is 0 Å². The Balaban J connectivity index is 1.43. The van der Waals surface area contributed by atoms with Crippen LogP contribution in [0.4, 0.5) is 5.69 Å². The molecule has 0 unspecified atom stereocenters. The second-order valence-electron chi connectivity index (χ2n) is 10.1. The van der Waals surface area contributed by atoms with Gasteiger partial charge in [0.1, 0.15) is 12.4 Å². The fourth-order valence-corrected chi connectivity index (χ4v) is 6.20. The zero-order valence-corrected chi connectivity index (χ0v) is 22.8. The summed E-state index contributed by atoms with van der Waals surface area (Å²) in [6, 6.07) is 14.1. The Morgan fingerprint density at radius 3 is 2.61 bits per heavy atom. The molecule has 5 rings (SSSR count). The van der Waals surface area contributed by atoms with E-state index in [1.807, 2.05) is 18.2 Å². The fourth-order valence-electron chi connectivity index (χ4n) is 5.00. The zero-order chi connectivity index (χ0) is 26.5. The number of benzene rings is 2. The Morgan fingerprint density at radius 2 is 1.84 bits per heavy atom. The van der Waals surface area contributed by atoms with Crippen LogP contribution >= 0.6 is 11.6 Å². The summed E-state index contributed by atoms with van der Waals surface area (Å²) < 4.78 is 35.0. The third kappa shape index (κ3) is 6.48. The predicted molar refractivity (Wildman–Crippen MR) is 148 cm³/mol. The predicted octanol–water partition coefficient (Wildman–Crippen LogP) is 5.30. The monoisotopic (exact) mass is 553 g/mol. The SMILES string of the molecule is O=C(Cc1ccncc1)NS(=O)(=O)c1ccc2c(c1)N(CC1CCC1)CCCCc1cc(Cl)ccc1CO2. The molecule has 1 saturated carbocycles. The number of carbonyl (C=O) groups is 1. The number of rotatable bonds is 6. The number of sulfonamides is 1. The third-order valence-corrected chi connectivity index (χ3v) is 8.93. The molecule has 0 radical (unpaired) electrons. The molecule has 0 bridgehead atoms. The molecule has 38 heavy (non-hydrogen) atoms. The molecule has 1 amide bonds. The number of nitrogens with one attached hydrogen (secondary N) is 1. The van der Waals surface area contributed by atoms with Gasteiger partial charge in [-0.05, 0) is 97.2 Å². The summed E-state index contributed by atoms with van der Waals surface area (Å²) in [4.78, 5) is 18.8. The van der Waals surface area contributed by atoms with Crippen LogP contribution in [0.25, 0.3) is 0 Å².